The van der Waals surface area contributed by atoms with E-state index in [1.807, 2.05) is 24.3 Å². The van der Waals surface area contributed by atoms with Crippen molar-refractivity contribution in [2.75, 3.05) is 41.3 Å². The number of hydrogen-bond donors (Lipinski definition) is 2. The molecule has 1 heterocycles. The summed E-state index contributed by atoms with van der Waals surface area (Å²) in [7, 11) is 0. The van der Waals surface area contributed by atoms with Crippen molar-refractivity contribution in [2.45, 2.75) is 0 Å². The summed E-state index contributed by atoms with van der Waals surface area (Å²) in [5, 5.41) is 12.2. The third-order valence-electron chi connectivity index (χ3n) is 5.09. The molecule has 0 radical (unpaired) electrons. The Morgan fingerprint density at radius 1 is 0.759 bits per heavy atom. The molecular weight excluding hydrogens is 369 g/mol. The van der Waals surface area contributed by atoms with Crippen molar-refractivity contribution in [1.29, 1.82) is 0 Å². The van der Waals surface area contributed by atoms with Crippen LogP contribution in [0.1, 0.15) is 10.4 Å². The first-order valence-electron chi connectivity index (χ1n) is 9.54. The molecule has 3 aromatic carbocycles. The minimum Gasteiger partial charge on any atom is -0.508 e. The summed E-state index contributed by atoms with van der Waals surface area (Å²) < 4.78 is 13.0. The third kappa shape index (κ3) is 4.48. The summed E-state index contributed by atoms with van der Waals surface area (Å²) in [6.45, 7) is 3.53. The fourth-order valence-electron chi connectivity index (χ4n) is 3.45. The number of piperazine rings is 1. The van der Waals surface area contributed by atoms with E-state index in [1.165, 1.54) is 24.3 Å². The number of halogens is 1. The zero-order valence-corrected chi connectivity index (χ0v) is 15.9. The summed E-state index contributed by atoms with van der Waals surface area (Å²) in [5.41, 5.74) is 3.30. The quantitative estimate of drug-likeness (QED) is 0.703. The van der Waals surface area contributed by atoms with Crippen LogP contribution >= 0.6 is 0 Å². The van der Waals surface area contributed by atoms with Gasteiger partial charge in [-0.25, -0.2) is 4.39 Å². The van der Waals surface area contributed by atoms with Gasteiger partial charge in [0, 0.05) is 48.8 Å². The Balaban J connectivity index is 1.35. The van der Waals surface area contributed by atoms with E-state index < -0.39 is 0 Å². The van der Waals surface area contributed by atoms with E-state index in [4.69, 9.17) is 0 Å². The van der Waals surface area contributed by atoms with Gasteiger partial charge in [0.2, 0.25) is 0 Å². The van der Waals surface area contributed by atoms with Gasteiger partial charge < -0.3 is 20.2 Å². The van der Waals surface area contributed by atoms with Crippen LogP contribution in [0, 0.1) is 5.82 Å². The van der Waals surface area contributed by atoms with E-state index in [9.17, 15) is 14.3 Å². The van der Waals surface area contributed by atoms with Gasteiger partial charge in [-0.05, 0) is 72.8 Å². The Morgan fingerprint density at radius 3 is 1.76 bits per heavy atom. The lowest BCUT2D eigenvalue weighted by molar-refractivity contribution is 0.102. The van der Waals surface area contributed by atoms with E-state index in [2.05, 4.69) is 15.1 Å². The number of carbonyl (C=O) groups is 1. The van der Waals surface area contributed by atoms with Crippen LogP contribution in [0.5, 0.6) is 5.75 Å². The van der Waals surface area contributed by atoms with E-state index in [0.29, 0.717) is 11.3 Å². The van der Waals surface area contributed by atoms with Crippen molar-refractivity contribution in [3.63, 3.8) is 0 Å². The molecule has 1 aliphatic rings. The van der Waals surface area contributed by atoms with Crippen molar-refractivity contribution in [2.24, 2.45) is 0 Å². The van der Waals surface area contributed by atoms with Crippen molar-refractivity contribution in [3.8, 4) is 5.75 Å². The molecule has 1 amide bonds. The van der Waals surface area contributed by atoms with E-state index >= 15 is 0 Å². The van der Waals surface area contributed by atoms with E-state index in [0.717, 1.165) is 37.6 Å². The van der Waals surface area contributed by atoms with Crippen molar-refractivity contribution in [1.82, 2.24) is 0 Å². The minimum atomic E-state index is -0.335. The van der Waals surface area contributed by atoms with Gasteiger partial charge in [0.15, 0.2) is 0 Å². The molecule has 0 aromatic heterocycles. The normalized spacial score (nSPS) is 14.0. The van der Waals surface area contributed by atoms with E-state index in [1.54, 1.807) is 24.3 Å². The lowest BCUT2D eigenvalue weighted by atomic mass is 10.1. The van der Waals surface area contributed by atoms with Gasteiger partial charge in [0.25, 0.3) is 5.91 Å². The minimum absolute atomic E-state index is 0.222. The van der Waals surface area contributed by atoms with E-state index in [-0.39, 0.29) is 17.5 Å². The summed E-state index contributed by atoms with van der Waals surface area (Å²) in [6, 6.07) is 20.5. The van der Waals surface area contributed by atoms with Crippen LogP contribution in [0.15, 0.2) is 72.8 Å². The molecule has 0 unspecified atom stereocenters. The molecule has 5 nitrogen and oxygen atoms in total. The molecule has 148 valence electrons. The number of carbonyl (C=O) groups excluding carboxylic acids is 1. The number of rotatable bonds is 4. The van der Waals surface area contributed by atoms with Gasteiger partial charge in [-0.1, -0.05) is 0 Å². The zero-order chi connectivity index (χ0) is 20.2. The molecule has 1 aliphatic heterocycles. The Labute approximate surface area is 169 Å². The molecule has 0 bridgehead atoms. The topological polar surface area (TPSA) is 55.8 Å². The van der Waals surface area contributed by atoms with Gasteiger partial charge in [0.05, 0.1) is 0 Å². The first-order chi connectivity index (χ1) is 14.1. The lowest BCUT2D eigenvalue weighted by Crippen LogP contribution is -2.46. The molecule has 0 saturated carbocycles. The maximum Gasteiger partial charge on any atom is 0.255 e. The Kier molecular flexibility index (Phi) is 5.33. The number of phenolic OH excluding ortho intramolecular Hbond substituents is 1. The highest BCUT2D eigenvalue weighted by Crippen LogP contribution is 2.23. The predicted octanol–water partition coefficient (Wildman–Crippen LogP) is 4.11. The van der Waals surface area contributed by atoms with Crippen LogP contribution in [-0.4, -0.2) is 37.2 Å². The monoisotopic (exact) mass is 391 g/mol. The fourth-order valence-corrected chi connectivity index (χ4v) is 3.45. The third-order valence-corrected chi connectivity index (χ3v) is 5.09. The Morgan fingerprint density at radius 2 is 1.24 bits per heavy atom. The van der Waals surface area contributed by atoms with Crippen LogP contribution in [-0.2, 0) is 0 Å². The van der Waals surface area contributed by atoms with Crippen molar-refractivity contribution in [3.05, 3.63) is 84.2 Å². The number of amides is 1. The van der Waals surface area contributed by atoms with Crippen molar-refractivity contribution < 1.29 is 14.3 Å². The number of benzene rings is 3. The maximum absolute atomic E-state index is 13.0. The number of phenols is 1. The number of nitrogens with one attached hydrogen (secondary N) is 1. The van der Waals surface area contributed by atoms with Gasteiger partial charge in [0.1, 0.15) is 11.6 Å². The molecular formula is C23H22FN3O2. The molecule has 0 atom stereocenters. The molecule has 0 spiro atoms. The molecule has 1 saturated heterocycles. The first-order valence-corrected chi connectivity index (χ1v) is 9.54. The fraction of sp³-hybridized carbons (Fsp3) is 0.174. The van der Waals surface area contributed by atoms with Crippen molar-refractivity contribution >= 4 is 23.0 Å². The van der Waals surface area contributed by atoms with Gasteiger partial charge in [-0.2, -0.15) is 0 Å². The Hall–Kier alpha value is -3.54. The number of nitrogens with zero attached hydrogens (tertiary/aromatic N) is 2. The summed E-state index contributed by atoms with van der Waals surface area (Å²) in [5.74, 6) is -0.283. The molecule has 6 heteroatoms. The van der Waals surface area contributed by atoms with Gasteiger partial charge >= 0.3 is 0 Å². The maximum atomic E-state index is 13.0. The average Bonchev–Trinajstić information content (AvgIpc) is 2.76. The largest absolute Gasteiger partial charge is 0.508 e. The second kappa shape index (κ2) is 8.22. The zero-order valence-electron chi connectivity index (χ0n) is 15.9. The molecule has 3 aromatic rings. The Bertz CT molecular complexity index is 965. The molecule has 29 heavy (non-hydrogen) atoms. The highest BCUT2D eigenvalue weighted by atomic mass is 19.1. The number of hydrogen-bond acceptors (Lipinski definition) is 4. The van der Waals surface area contributed by atoms with Gasteiger partial charge in [-0.15, -0.1) is 0 Å². The van der Waals surface area contributed by atoms with Crippen LogP contribution in [0.25, 0.3) is 0 Å². The smallest absolute Gasteiger partial charge is 0.255 e. The standard InChI is InChI=1S/C23H22FN3O2/c24-18-3-5-19(6-4-18)25-23(29)17-1-7-20(8-2-17)26-13-15-27(16-14-26)21-9-11-22(28)12-10-21/h1-12,28H,13-16H2,(H,25,29). The van der Waals surface area contributed by atoms with Crippen LogP contribution in [0.2, 0.25) is 0 Å². The highest BCUT2D eigenvalue weighted by molar-refractivity contribution is 6.04. The lowest BCUT2D eigenvalue weighted by Gasteiger charge is -2.37. The molecule has 2 N–H and O–H groups in total. The molecule has 0 aliphatic carbocycles. The number of anilines is 3. The summed E-state index contributed by atoms with van der Waals surface area (Å²) >= 11 is 0. The van der Waals surface area contributed by atoms with Crippen LogP contribution < -0.4 is 15.1 Å². The SMILES string of the molecule is O=C(Nc1ccc(F)cc1)c1ccc(N2CCN(c3ccc(O)cc3)CC2)cc1. The van der Waals surface area contributed by atoms with Gasteiger partial charge in [-0.3, -0.25) is 4.79 Å². The summed E-state index contributed by atoms with van der Waals surface area (Å²) in [6.07, 6.45) is 0. The predicted molar refractivity (Wildman–Crippen MR) is 113 cm³/mol. The molecule has 4 rings (SSSR count). The first kappa shape index (κ1) is 18.8. The second-order valence-electron chi connectivity index (χ2n) is 7.00. The average molecular weight is 391 g/mol. The number of aromatic hydroxyl groups is 1. The highest BCUT2D eigenvalue weighted by Gasteiger charge is 2.18. The molecule has 1 fully saturated rings. The summed E-state index contributed by atoms with van der Waals surface area (Å²) in [4.78, 5) is 16.9. The van der Waals surface area contributed by atoms with Crippen LogP contribution in [0.4, 0.5) is 21.5 Å². The van der Waals surface area contributed by atoms with Crippen LogP contribution in [0.3, 0.4) is 0 Å². The second-order valence-corrected chi connectivity index (χ2v) is 7.00.